The van der Waals surface area contributed by atoms with Gasteiger partial charge >= 0.3 is 0 Å². The van der Waals surface area contributed by atoms with Crippen LogP contribution in [0.1, 0.15) is 18.4 Å². The zero-order valence-electron chi connectivity index (χ0n) is 11.8. The second-order valence-corrected chi connectivity index (χ2v) is 5.58. The van der Waals surface area contributed by atoms with Crippen molar-refractivity contribution in [1.29, 1.82) is 0 Å². The van der Waals surface area contributed by atoms with Crippen molar-refractivity contribution in [2.75, 3.05) is 31.7 Å². The third-order valence-corrected chi connectivity index (χ3v) is 3.76. The van der Waals surface area contributed by atoms with Crippen LogP contribution in [0.5, 0.6) is 0 Å². The highest BCUT2D eigenvalue weighted by Crippen LogP contribution is 2.19. The topological polar surface area (TPSA) is 50.7 Å². The highest BCUT2D eigenvalue weighted by atomic mass is 35.5. The molecule has 4 nitrogen and oxygen atoms in total. The van der Waals surface area contributed by atoms with Gasteiger partial charge in [0, 0.05) is 23.9 Å². The zero-order chi connectivity index (χ0) is 14.4. The summed E-state index contributed by atoms with van der Waals surface area (Å²) in [5, 5.41) is 13.7. The van der Waals surface area contributed by atoms with E-state index in [1.807, 2.05) is 25.1 Å². The number of hydrogen-bond donors (Lipinski definition) is 2. The first-order valence-corrected chi connectivity index (χ1v) is 7.40. The molecule has 2 unspecified atom stereocenters. The Balaban J connectivity index is 1.63. The largest absolute Gasteiger partial charge is 0.389 e. The molecule has 2 atom stereocenters. The van der Waals surface area contributed by atoms with Crippen molar-refractivity contribution in [3.63, 3.8) is 0 Å². The van der Waals surface area contributed by atoms with Crippen molar-refractivity contribution >= 4 is 17.3 Å². The van der Waals surface area contributed by atoms with Crippen LogP contribution in [-0.2, 0) is 9.47 Å². The fourth-order valence-corrected chi connectivity index (χ4v) is 2.29. The van der Waals surface area contributed by atoms with Gasteiger partial charge in [0.15, 0.2) is 0 Å². The first-order chi connectivity index (χ1) is 9.65. The van der Waals surface area contributed by atoms with Gasteiger partial charge in [-0.05, 0) is 37.5 Å². The summed E-state index contributed by atoms with van der Waals surface area (Å²) in [6.45, 7) is 4.09. The number of rotatable bonds is 7. The molecule has 112 valence electrons. The number of ether oxygens (including phenoxy) is 2. The second kappa shape index (κ2) is 7.84. The van der Waals surface area contributed by atoms with Gasteiger partial charge in [0.05, 0.1) is 25.4 Å². The van der Waals surface area contributed by atoms with E-state index in [4.69, 9.17) is 21.1 Å². The van der Waals surface area contributed by atoms with Crippen LogP contribution in [0.25, 0.3) is 0 Å². The Bertz CT molecular complexity index is 422. The van der Waals surface area contributed by atoms with Crippen molar-refractivity contribution in [3.8, 4) is 0 Å². The molecule has 0 saturated carbocycles. The molecule has 1 aliphatic heterocycles. The minimum absolute atomic E-state index is 0.200. The molecule has 1 aromatic rings. The maximum atomic E-state index is 9.85. The smallest absolute Gasteiger partial charge is 0.0945 e. The number of anilines is 1. The molecule has 1 saturated heterocycles. The molecular weight excluding hydrogens is 278 g/mol. The average molecular weight is 300 g/mol. The van der Waals surface area contributed by atoms with Gasteiger partial charge in [-0.1, -0.05) is 17.7 Å². The highest BCUT2D eigenvalue weighted by molar-refractivity contribution is 6.31. The first-order valence-electron chi connectivity index (χ1n) is 7.02. The summed E-state index contributed by atoms with van der Waals surface area (Å²) in [5.74, 6) is 0. The fourth-order valence-electron chi connectivity index (χ4n) is 2.11. The number of aryl methyl sites for hydroxylation is 1. The SMILES string of the molecule is Cc1ccc(NCC(O)COCC2CCCO2)cc1Cl. The zero-order valence-corrected chi connectivity index (χ0v) is 12.5. The third kappa shape index (κ3) is 4.94. The van der Waals surface area contributed by atoms with Crippen LogP contribution in [0, 0.1) is 6.92 Å². The normalized spacial score (nSPS) is 20.1. The molecule has 2 rings (SSSR count). The number of nitrogens with one attached hydrogen (secondary N) is 1. The van der Waals surface area contributed by atoms with E-state index in [1.54, 1.807) is 0 Å². The molecule has 0 bridgehead atoms. The summed E-state index contributed by atoms with van der Waals surface area (Å²) in [6.07, 6.45) is 1.81. The molecular formula is C15H22ClNO3. The number of halogens is 1. The molecule has 0 spiro atoms. The van der Waals surface area contributed by atoms with Crippen LogP contribution >= 0.6 is 11.6 Å². The van der Waals surface area contributed by atoms with Crippen LogP contribution in [0.3, 0.4) is 0 Å². The van der Waals surface area contributed by atoms with Crippen LogP contribution in [-0.4, -0.2) is 43.7 Å². The van der Waals surface area contributed by atoms with E-state index in [0.717, 1.165) is 35.7 Å². The third-order valence-electron chi connectivity index (χ3n) is 3.35. The molecule has 2 N–H and O–H groups in total. The minimum Gasteiger partial charge on any atom is -0.389 e. The molecule has 1 aliphatic rings. The lowest BCUT2D eigenvalue weighted by Gasteiger charge is -2.15. The summed E-state index contributed by atoms with van der Waals surface area (Å²) >= 11 is 6.04. The Morgan fingerprint density at radius 3 is 3.10 bits per heavy atom. The number of hydrogen-bond acceptors (Lipinski definition) is 4. The molecule has 5 heteroatoms. The van der Waals surface area contributed by atoms with Gasteiger partial charge < -0.3 is 19.9 Å². The number of benzene rings is 1. The van der Waals surface area contributed by atoms with Crippen molar-refractivity contribution in [3.05, 3.63) is 28.8 Å². The Hall–Kier alpha value is -0.810. The summed E-state index contributed by atoms with van der Waals surface area (Å²) < 4.78 is 10.9. The minimum atomic E-state index is -0.545. The van der Waals surface area contributed by atoms with Crippen molar-refractivity contribution < 1.29 is 14.6 Å². The van der Waals surface area contributed by atoms with Gasteiger partial charge in [-0.15, -0.1) is 0 Å². The first kappa shape index (κ1) is 15.6. The fraction of sp³-hybridized carbons (Fsp3) is 0.600. The molecule has 0 aliphatic carbocycles. The monoisotopic (exact) mass is 299 g/mol. The van der Waals surface area contributed by atoms with Crippen molar-refractivity contribution in [2.45, 2.75) is 32.0 Å². The second-order valence-electron chi connectivity index (χ2n) is 5.17. The van der Waals surface area contributed by atoms with Gasteiger partial charge in [-0.2, -0.15) is 0 Å². The van der Waals surface area contributed by atoms with E-state index in [2.05, 4.69) is 5.32 Å². The maximum absolute atomic E-state index is 9.85. The van der Waals surface area contributed by atoms with E-state index in [9.17, 15) is 5.11 Å². The summed E-state index contributed by atoms with van der Waals surface area (Å²) in [4.78, 5) is 0. The van der Waals surface area contributed by atoms with Crippen molar-refractivity contribution in [1.82, 2.24) is 0 Å². The molecule has 0 aromatic heterocycles. The molecule has 1 aromatic carbocycles. The standard InChI is InChI=1S/C15H22ClNO3/c1-11-4-5-12(7-15(11)16)17-8-13(18)9-19-10-14-3-2-6-20-14/h4-5,7,13-14,17-18H,2-3,6,8-10H2,1H3. The molecule has 0 amide bonds. The Morgan fingerprint density at radius 2 is 2.40 bits per heavy atom. The Kier molecular flexibility index (Phi) is 6.10. The predicted molar refractivity (Wildman–Crippen MR) is 80.5 cm³/mol. The van der Waals surface area contributed by atoms with Gasteiger partial charge in [0.1, 0.15) is 0 Å². The van der Waals surface area contributed by atoms with Gasteiger partial charge in [-0.3, -0.25) is 0 Å². The molecule has 0 radical (unpaired) electrons. The summed E-state index contributed by atoms with van der Waals surface area (Å²) in [7, 11) is 0. The Labute approximate surface area is 125 Å². The van der Waals surface area contributed by atoms with E-state index < -0.39 is 6.10 Å². The van der Waals surface area contributed by atoms with Gasteiger partial charge in [0.2, 0.25) is 0 Å². The van der Waals surface area contributed by atoms with Gasteiger partial charge in [0.25, 0.3) is 0 Å². The molecule has 1 heterocycles. The van der Waals surface area contributed by atoms with E-state index >= 15 is 0 Å². The average Bonchev–Trinajstić information content (AvgIpc) is 2.93. The summed E-state index contributed by atoms with van der Waals surface area (Å²) in [6, 6.07) is 5.75. The lowest BCUT2D eigenvalue weighted by atomic mass is 10.2. The number of aliphatic hydroxyl groups excluding tert-OH is 1. The predicted octanol–water partition coefficient (Wildman–Crippen LogP) is 2.62. The van der Waals surface area contributed by atoms with Gasteiger partial charge in [-0.25, -0.2) is 0 Å². The van der Waals surface area contributed by atoms with E-state index in [-0.39, 0.29) is 6.10 Å². The maximum Gasteiger partial charge on any atom is 0.0945 e. The van der Waals surface area contributed by atoms with Crippen LogP contribution in [0.2, 0.25) is 5.02 Å². The van der Waals surface area contributed by atoms with Crippen LogP contribution in [0.4, 0.5) is 5.69 Å². The summed E-state index contributed by atoms with van der Waals surface area (Å²) in [5.41, 5.74) is 1.94. The Morgan fingerprint density at radius 1 is 1.55 bits per heavy atom. The lowest BCUT2D eigenvalue weighted by molar-refractivity contribution is -0.0137. The highest BCUT2D eigenvalue weighted by Gasteiger charge is 2.16. The van der Waals surface area contributed by atoms with Crippen LogP contribution in [0.15, 0.2) is 18.2 Å². The quantitative estimate of drug-likeness (QED) is 0.812. The van der Waals surface area contributed by atoms with E-state index in [1.165, 1.54) is 0 Å². The molecule has 20 heavy (non-hydrogen) atoms. The lowest BCUT2D eigenvalue weighted by Crippen LogP contribution is -2.27. The van der Waals surface area contributed by atoms with E-state index in [0.29, 0.717) is 19.8 Å². The van der Waals surface area contributed by atoms with Crippen LogP contribution < -0.4 is 5.32 Å². The molecule has 1 fully saturated rings. The van der Waals surface area contributed by atoms with Crippen molar-refractivity contribution in [2.24, 2.45) is 0 Å². The number of aliphatic hydroxyl groups is 1.